The lowest BCUT2D eigenvalue weighted by atomic mass is 9.95. The van der Waals surface area contributed by atoms with Crippen molar-refractivity contribution in [2.24, 2.45) is 0 Å². The van der Waals surface area contributed by atoms with Crippen LogP contribution in [-0.4, -0.2) is 9.97 Å². The largest absolute Gasteiger partial charge is 0.455 e. The van der Waals surface area contributed by atoms with E-state index in [4.69, 9.17) is 18.8 Å². The van der Waals surface area contributed by atoms with Gasteiger partial charge in [-0.1, -0.05) is 97.1 Å². The minimum atomic E-state index is 0.568. The van der Waals surface area contributed by atoms with Crippen LogP contribution in [0.2, 0.25) is 0 Å². The second-order valence-corrected chi connectivity index (χ2v) is 11.3. The maximum atomic E-state index is 9.41. The molecular formula is C41H23N3O2. The summed E-state index contributed by atoms with van der Waals surface area (Å²) in [7, 11) is 0. The Morgan fingerprint density at radius 2 is 1.20 bits per heavy atom. The number of aromatic nitrogens is 2. The van der Waals surface area contributed by atoms with E-state index in [1.165, 1.54) is 0 Å². The van der Waals surface area contributed by atoms with Crippen LogP contribution in [0.3, 0.4) is 0 Å². The number of hydrogen-bond donors (Lipinski definition) is 0. The Morgan fingerprint density at radius 3 is 1.98 bits per heavy atom. The van der Waals surface area contributed by atoms with Gasteiger partial charge in [-0.2, -0.15) is 5.26 Å². The van der Waals surface area contributed by atoms with Gasteiger partial charge in [-0.15, -0.1) is 0 Å². The van der Waals surface area contributed by atoms with E-state index in [2.05, 4.69) is 60.7 Å². The molecular weight excluding hydrogens is 566 g/mol. The van der Waals surface area contributed by atoms with Gasteiger partial charge in [-0.25, -0.2) is 9.97 Å². The third-order valence-corrected chi connectivity index (χ3v) is 8.54. The fourth-order valence-electron chi connectivity index (χ4n) is 6.35. The van der Waals surface area contributed by atoms with Crippen LogP contribution in [0.5, 0.6) is 0 Å². The molecule has 3 heterocycles. The highest BCUT2D eigenvalue weighted by Gasteiger charge is 2.22. The summed E-state index contributed by atoms with van der Waals surface area (Å²) < 4.78 is 13.0. The molecule has 0 N–H and O–H groups in total. The summed E-state index contributed by atoms with van der Waals surface area (Å²) in [5.74, 6) is 0.568. The van der Waals surface area contributed by atoms with Crippen molar-refractivity contribution in [3.63, 3.8) is 0 Å². The van der Waals surface area contributed by atoms with Crippen molar-refractivity contribution in [1.29, 1.82) is 5.26 Å². The average Bonchev–Trinajstić information content (AvgIpc) is 3.70. The third-order valence-electron chi connectivity index (χ3n) is 8.54. The van der Waals surface area contributed by atoms with Gasteiger partial charge in [-0.3, -0.25) is 0 Å². The van der Waals surface area contributed by atoms with E-state index >= 15 is 0 Å². The fourth-order valence-corrected chi connectivity index (χ4v) is 6.35. The fraction of sp³-hybridized carbons (Fsp3) is 0. The van der Waals surface area contributed by atoms with Crippen molar-refractivity contribution in [2.75, 3.05) is 0 Å². The smallest absolute Gasteiger partial charge is 0.180 e. The van der Waals surface area contributed by atoms with Crippen molar-refractivity contribution in [3.05, 3.63) is 145 Å². The predicted molar refractivity (Wildman–Crippen MR) is 183 cm³/mol. The Labute approximate surface area is 263 Å². The second kappa shape index (κ2) is 10.3. The first-order valence-electron chi connectivity index (χ1n) is 15.1. The number of furan rings is 2. The van der Waals surface area contributed by atoms with E-state index in [9.17, 15) is 5.26 Å². The SMILES string of the molecule is N#Cc1ccc(-c2nc(-c3cccc4oc5c(-c6ccccc6)cc(-c6ccccc6)cc5c34)nc3c2oc2ccccc23)cc1. The number of rotatable bonds is 4. The van der Waals surface area contributed by atoms with Crippen LogP contribution in [-0.2, 0) is 0 Å². The highest BCUT2D eigenvalue weighted by atomic mass is 16.3. The molecule has 9 aromatic rings. The lowest BCUT2D eigenvalue weighted by molar-refractivity contribution is 0.667. The highest BCUT2D eigenvalue weighted by molar-refractivity contribution is 6.17. The molecule has 5 heteroatoms. The number of hydrogen-bond acceptors (Lipinski definition) is 5. The van der Waals surface area contributed by atoms with Gasteiger partial charge in [0.15, 0.2) is 11.4 Å². The Morgan fingerprint density at radius 1 is 0.500 bits per heavy atom. The summed E-state index contributed by atoms with van der Waals surface area (Å²) in [6.45, 7) is 0. The molecule has 0 saturated heterocycles. The molecule has 0 aliphatic heterocycles. The van der Waals surface area contributed by atoms with Gasteiger partial charge in [0.1, 0.15) is 28.0 Å². The zero-order chi connectivity index (χ0) is 30.6. The average molecular weight is 590 g/mol. The summed E-state index contributed by atoms with van der Waals surface area (Å²) in [5, 5.41) is 12.3. The lowest BCUT2D eigenvalue weighted by Crippen LogP contribution is -1.94. The monoisotopic (exact) mass is 589 g/mol. The molecule has 0 saturated carbocycles. The molecule has 0 aliphatic carbocycles. The van der Waals surface area contributed by atoms with Crippen LogP contribution < -0.4 is 0 Å². The van der Waals surface area contributed by atoms with Gasteiger partial charge in [0, 0.05) is 32.8 Å². The van der Waals surface area contributed by atoms with Gasteiger partial charge in [0.25, 0.3) is 0 Å². The first kappa shape index (κ1) is 25.9. The first-order valence-corrected chi connectivity index (χ1v) is 15.1. The Kier molecular flexibility index (Phi) is 5.81. The second-order valence-electron chi connectivity index (χ2n) is 11.3. The molecule has 0 bridgehead atoms. The van der Waals surface area contributed by atoms with Gasteiger partial charge < -0.3 is 8.83 Å². The minimum absolute atomic E-state index is 0.568. The summed E-state index contributed by atoms with van der Waals surface area (Å²) in [4.78, 5) is 10.3. The molecule has 214 valence electrons. The molecule has 3 aromatic heterocycles. The highest BCUT2D eigenvalue weighted by Crippen LogP contribution is 2.43. The van der Waals surface area contributed by atoms with Crippen LogP contribution >= 0.6 is 0 Å². The van der Waals surface area contributed by atoms with E-state index in [0.717, 1.165) is 71.8 Å². The zero-order valence-corrected chi connectivity index (χ0v) is 24.4. The Hall–Kier alpha value is -6.51. The molecule has 0 radical (unpaired) electrons. The molecule has 0 atom stereocenters. The molecule has 0 amide bonds. The maximum absolute atomic E-state index is 9.41. The molecule has 46 heavy (non-hydrogen) atoms. The summed E-state index contributed by atoms with van der Waals surface area (Å²) in [5.41, 5.74) is 10.9. The number of fused-ring (bicyclic) bond motifs is 6. The van der Waals surface area contributed by atoms with E-state index in [-0.39, 0.29) is 0 Å². The van der Waals surface area contributed by atoms with Crippen LogP contribution in [0.15, 0.2) is 148 Å². The predicted octanol–water partition coefficient (Wildman–Crippen LogP) is 10.8. The van der Waals surface area contributed by atoms with Crippen molar-refractivity contribution in [1.82, 2.24) is 9.97 Å². The van der Waals surface area contributed by atoms with Crippen molar-refractivity contribution in [3.8, 4) is 51.0 Å². The minimum Gasteiger partial charge on any atom is -0.455 e. The van der Waals surface area contributed by atoms with Crippen LogP contribution in [0.4, 0.5) is 0 Å². The topological polar surface area (TPSA) is 75.8 Å². The molecule has 5 nitrogen and oxygen atoms in total. The van der Waals surface area contributed by atoms with Gasteiger partial charge in [0.2, 0.25) is 0 Å². The van der Waals surface area contributed by atoms with Crippen LogP contribution in [0.25, 0.3) is 88.9 Å². The van der Waals surface area contributed by atoms with Crippen LogP contribution in [0.1, 0.15) is 5.56 Å². The van der Waals surface area contributed by atoms with Gasteiger partial charge in [-0.05, 0) is 59.2 Å². The molecule has 9 rings (SSSR count). The molecule has 0 spiro atoms. The summed E-state index contributed by atoms with van der Waals surface area (Å²) >= 11 is 0. The number of para-hydroxylation sites is 1. The molecule has 0 aliphatic rings. The lowest BCUT2D eigenvalue weighted by Gasteiger charge is -2.09. The number of nitriles is 1. The zero-order valence-electron chi connectivity index (χ0n) is 24.4. The molecule has 0 unspecified atom stereocenters. The van der Waals surface area contributed by atoms with E-state index < -0.39 is 0 Å². The molecule has 0 fully saturated rings. The third kappa shape index (κ3) is 4.09. The van der Waals surface area contributed by atoms with Crippen molar-refractivity contribution >= 4 is 44.0 Å². The van der Waals surface area contributed by atoms with E-state index in [0.29, 0.717) is 22.7 Å². The Balaban J connectivity index is 1.37. The summed E-state index contributed by atoms with van der Waals surface area (Å²) in [6.07, 6.45) is 0. The van der Waals surface area contributed by atoms with Gasteiger partial charge >= 0.3 is 0 Å². The summed E-state index contributed by atoms with van der Waals surface area (Å²) in [6, 6.07) is 48.7. The first-order chi connectivity index (χ1) is 22.7. The quantitative estimate of drug-likeness (QED) is 0.204. The normalized spacial score (nSPS) is 11.5. The van der Waals surface area contributed by atoms with Gasteiger partial charge in [0.05, 0.1) is 11.6 Å². The maximum Gasteiger partial charge on any atom is 0.180 e. The van der Waals surface area contributed by atoms with Crippen molar-refractivity contribution in [2.45, 2.75) is 0 Å². The number of benzene rings is 6. The van der Waals surface area contributed by atoms with E-state index in [1.807, 2.05) is 72.8 Å². The number of nitrogens with zero attached hydrogens (tertiary/aromatic N) is 3. The standard InChI is InChI=1S/C41H23N3O2/c42-24-25-18-20-28(21-19-25)37-40-38(30-14-7-8-16-34(30)45-40)44-41(43-37)31-15-9-17-35-36(31)33-23-29(26-10-3-1-4-11-26)22-32(39(33)46-35)27-12-5-2-6-13-27/h1-23H. The Bertz CT molecular complexity index is 2630. The van der Waals surface area contributed by atoms with Crippen molar-refractivity contribution < 1.29 is 8.83 Å². The molecule has 6 aromatic carbocycles. The van der Waals surface area contributed by atoms with E-state index in [1.54, 1.807) is 12.1 Å². The van der Waals surface area contributed by atoms with Crippen LogP contribution in [0, 0.1) is 11.3 Å².